The van der Waals surface area contributed by atoms with E-state index in [0.717, 1.165) is 5.56 Å². The minimum absolute atomic E-state index is 0.209. The van der Waals surface area contributed by atoms with E-state index in [1.165, 1.54) is 0 Å². The van der Waals surface area contributed by atoms with Crippen LogP contribution in [0.3, 0.4) is 0 Å². The van der Waals surface area contributed by atoms with E-state index in [9.17, 15) is 5.11 Å². The molecule has 2 atom stereocenters. The number of aromatic nitrogens is 1. The van der Waals surface area contributed by atoms with Crippen LogP contribution in [-0.4, -0.2) is 30.8 Å². The van der Waals surface area contributed by atoms with Crippen molar-refractivity contribution in [3.63, 3.8) is 0 Å². The Balaban J connectivity index is 2.35. The summed E-state index contributed by atoms with van der Waals surface area (Å²) in [7, 11) is 3.37. The standard InChI is InChI=1S/C16H18Cl2N2O2/c1-19-9-11(10-6-7-12(17)13(18)8-10)16(21)14-4-3-5-15(20-14)22-2/h3-8,11,16,19,21H,9H2,1-2H3/t11?,16-/m1/s1. The topological polar surface area (TPSA) is 54.4 Å². The van der Waals surface area contributed by atoms with Gasteiger partial charge in [-0.25, -0.2) is 4.98 Å². The first kappa shape index (κ1) is 17.0. The van der Waals surface area contributed by atoms with Gasteiger partial charge in [-0.3, -0.25) is 0 Å². The molecule has 4 nitrogen and oxygen atoms in total. The van der Waals surface area contributed by atoms with Crippen molar-refractivity contribution in [1.29, 1.82) is 0 Å². The lowest BCUT2D eigenvalue weighted by Crippen LogP contribution is -2.23. The number of benzene rings is 1. The van der Waals surface area contributed by atoms with Crippen LogP contribution in [0, 0.1) is 0 Å². The molecule has 0 aliphatic carbocycles. The van der Waals surface area contributed by atoms with Gasteiger partial charge in [0.1, 0.15) is 6.10 Å². The van der Waals surface area contributed by atoms with Gasteiger partial charge in [-0.2, -0.15) is 0 Å². The highest BCUT2D eigenvalue weighted by Gasteiger charge is 2.24. The maximum atomic E-state index is 10.7. The fourth-order valence-electron chi connectivity index (χ4n) is 2.29. The monoisotopic (exact) mass is 340 g/mol. The first-order chi connectivity index (χ1) is 10.6. The van der Waals surface area contributed by atoms with Crippen LogP contribution in [0.15, 0.2) is 36.4 Å². The van der Waals surface area contributed by atoms with Gasteiger partial charge in [0.05, 0.1) is 22.8 Å². The van der Waals surface area contributed by atoms with Gasteiger partial charge in [-0.05, 0) is 30.8 Å². The predicted octanol–water partition coefficient (Wildman–Crippen LogP) is 3.43. The summed E-state index contributed by atoms with van der Waals surface area (Å²) < 4.78 is 5.11. The number of rotatable bonds is 6. The molecule has 0 bridgehead atoms. The van der Waals surface area contributed by atoms with E-state index in [4.69, 9.17) is 27.9 Å². The van der Waals surface area contributed by atoms with Crippen LogP contribution in [0.5, 0.6) is 5.88 Å². The van der Waals surface area contributed by atoms with Gasteiger partial charge in [0.15, 0.2) is 0 Å². The van der Waals surface area contributed by atoms with E-state index in [-0.39, 0.29) is 5.92 Å². The van der Waals surface area contributed by atoms with Crippen molar-refractivity contribution in [3.8, 4) is 5.88 Å². The number of hydrogen-bond donors (Lipinski definition) is 2. The third-order valence-corrected chi connectivity index (χ3v) is 4.17. The van der Waals surface area contributed by atoms with Crippen molar-refractivity contribution in [1.82, 2.24) is 10.3 Å². The molecule has 2 aromatic rings. The highest BCUT2D eigenvalue weighted by Crippen LogP contribution is 2.33. The van der Waals surface area contributed by atoms with Gasteiger partial charge < -0.3 is 15.2 Å². The van der Waals surface area contributed by atoms with Crippen molar-refractivity contribution in [3.05, 3.63) is 57.7 Å². The zero-order valence-electron chi connectivity index (χ0n) is 12.4. The first-order valence-electron chi connectivity index (χ1n) is 6.85. The molecule has 118 valence electrons. The van der Waals surface area contributed by atoms with Crippen LogP contribution in [0.2, 0.25) is 10.0 Å². The minimum atomic E-state index is -0.792. The van der Waals surface area contributed by atoms with Crippen LogP contribution in [-0.2, 0) is 0 Å². The highest BCUT2D eigenvalue weighted by molar-refractivity contribution is 6.42. The SMILES string of the molecule is CNCC(c1ccc(Cl)c(Cl)c1)[C@@H](O)c1cccc(OC)n1. The van der Waals surface area contributed by atoms with Crippen LogP contribution >= 0.6 is 23.2 Å². The average Bonchev–Trinajstić information content (AvgIpc) is 2.54. The smallest absolute Gasteiger partial charge is 0.213 e. The number of likely N-dealkylation sites (N-methyl/N-ethyl adjacent to an activating group) is 1. The van der Waals surface area contributed by atoms with Gasteiger partial charge in [0, 0.05) is 18.5 Å². The lowest BCUT2D eigenvalue weighted by molar-refractivity contribution is 0.139. The number of pyridine rings is 1. The molecule has 1 heterocycles. The largest absolute Gasteiger partial charge is 0.481 e. The normalized spacial score (nSPS) is 13.7. The average molecular weight is 341 g/mol. The number of nitrogens with one attached hydrogen (secondary N) is 1. The van der Waals surface area contributed by atoms with Crippen molar-refractivity contribution in [2.45, 2.75) is 12.0 Å². The Kier molecular flexibility index (Phi) is 6.03. The molecule has 0 aliphatic rings. The Morgan fingerprint density at radius 1 is 1.23 bits per heavy atom. The van der Waals surface area contributed by atoms with Gasteiger partial charge in [0.25, 0.3) is 0 Å². The van der Waals surface area contributed by atoms with Gasteiger partial charge in [-0.1, -0.05) is 35.3 Å². The maximum Gasteiger partial charge on any atom is 0.213 e. The highest BCUT2D eigenvalue weighted by atomic mass is 35.5. The summed E-state index contributed by atoms with van der Waals surface area (Å²) in [5.74, 6) is 0.258. The quantitative estimate of drug-likeness (QED) is 0.845. The second-order valence-electron chi connectivity index (χ2n) is 4.89. The molecule has 1 aromatic carbocycles. The Hall–Kier alpha value is -1.33. The molecule has 1 unspecified atom stereocenters. The molecule has 0 fully saturated rings. The van der Waals surface area contributed by atoms with Crippen LogP contribution < -0.4 is 10.1 Å². The van der Waals surface area contributed by atoms with E-state index in [2.05, 4.69) is 10.3 Å². The Labute approximate surface area is 140 Å². The second kappa shape index (κ2) is 7.79. The molecule has 0 spiro atoms. The van der Waals surface area contributed by atoms with E-state index in [0.29, 0.717) is 28.2 Å². The summed E-state index contributed by atoms with van der Waals surface area (Å²) in [6, 6.07) is 10.7. The van der Waals surface area contributed by atoms with Gasteiger partial charge in [0.2, 0.25) is 5.88 Å². The van der Waals surface area contributed by atoms with E-state index >= 15 is 0 Å². The van der Waals surface area contributed by atoms with Crippen LogP contribution in [0.1, 0.15) is 23.3 Å². The van der Waals surface area contributed by atoms with E-state index in [1.807, 2.05) is 13.1 Å². The number of ether oxygens (including phenoxy) is 1. The third kappa shape index (κ3) is 3.90. The minimum Gasteiger partial charge on any atom is -0.481 e. The Morgan fingerprint density at radius 3 is 2.64 bits per heavy atom. The molecule has 0 aliphatic heterocycles. The third-order valence-electron chi connectivity index (χ3n) is 3.43. The molecular formula is C16H18Cl2N2O2. The molecule has 0 radical (unpaired) electrons. The Morgan fingerprint density at radius 2 is 2.00 bits per heavy atom. The zero-order valence-corrected chi connectivity index (χ0v) is 13.9. The summed E-state index contributed by atoms with van der Waals surface area (Å²) in [6.45, 7) is 0.567. The Bertz CT molecular complexity index is 637. The molecule has 0 saturated heterocycles. The number of nitrogens with zero attached hydrogens (tertiary/aromatic N) is 1. The van der Waals surface area contributed by atoms with Crippen molar-refractivity contribution in [2.24, 2.45) is 0 Å². The van der Waals surface area contributed by atoms with Gasteiger partial charge in [-0.15, -0.1) is 0 Å². The van der Waals surface area contributed by atoms with E-state index < -0.39 is 6.10 Å². The number of methoxy groups -OCH3 is 1. The second-order valence-corrected chi connectivity index (χ2v) is 5.70. The molecular weight excluding hydrogens is 323 g/mol. The number of aliphatic hydroxyl groups excluding tert-OH is 1. The molecule has 0 saturated carbocycles. The molecule has 6 heteroatoms. The summed E-state index contributed by atoms with van der Waals surface area (Å²) >= 11 is 12.0. The molecule has 1 aromatic heterocycles. The number of halogens is 2. The predicted molar refractivity (Wildman–Crippen MR) is 88.9 cm³/mol. The summed E-state index contributed by atoms with van der Waals surface area (Å²) in [5, 5.41) is 14.7. The van der Waals surface area contributed by atoms with Crippen LogP contribution in [0.4, 0.5) is 0 Å². The number of hydrogen-bond acceptors (Lipinski definition) is 4. The van der Waals surface area contributed by atoms with Crippen molar-refractivity contribution < 1.29 is 9.84 Å². The molecule has 2 rings (SSSR count). The van der Waals surface area contributed by atoms with Gasteiger partial charge >= 0.3 is 0 Å². The molecule has 0 amide bonds. The first-order valence-corrected chi connectivity index (χ1v) is 7.61. The van der Waals surface area contributed by atoms with Crippen molar-refractivity contribution in [2.75, 3.05) is 20.7 Å². The lowest BCUT2D eigenvalue weighted by Gasteiger charge is -2.23. The summed E-state index contributed by atoms with van der Waals surface area (Å²) in [5.41, 5.74) is 1.44. The summed E-state index contributed by atoms with van der Waals surface area (Å²) in [4.78, 5) is 4.30. The van der Waals surface area contributed by atoms with Crippen molar-refractivity contribution >= 4 is 23.2 Å². The fourth-order valence-corrected chi connectivity index (χ4v) is 2.60. The van der Waals surface area contributed by atoms with Crippen LogP contribution in [0.25, 0.3) is 0 Å². The van der Waals surface area contributed by atoms with E-state index in [1.54, 1.807) is 37.4 Å². The lowest BCUT2D eigenvalue weighted by atomic mass is 9.91. The summed E-state index contributed by atoms with van der Waals surface area (Å²) in [6.07, 6.45) is -0.792. The molecule has 2 N–H and O–H groups in total. The maximum absolute atomic E-state index is 10.7. The number of aliphatic hydroxyl groups is 1. The molecule has 22 heavy (non-hydrogen) atoms. The zero-order chi connectivity index (χ0) is 16.1. The fraction of sp³-hybridized carbons (Fsp3) is 0.312.